The first-order chi connectivity index (χ1) is 16.0. The van der Waals surface area contributed by atoms with Crippen LogP contribution in [0.1, 0.15) is 38.7 Å². The highest BCUT2D eigenvalue weighted by Crippen LogP contribution is 2.39. The van der Waals surface area contributed by atoms with Crippen LogP contribution < -0.4 is 10.4 Å². The highest BCUT2D eigenvalue weighted by atomic mass is 32.1. The first-order valence-electron chi connectivity index (χ1n) is 10.0. The van der Waals surface area contributed by atoms with Gasteiger partial charge in [-0.3, -0.25) is 9.55 Å². The van der Waals surface area contributed by atoms with E-state index < -0.39 is 6.16 Å². The molecule has 9 heteroatoms. The second kappa shape index (κ2) is 8.61. The maximum Gasteiger partial charge on any atom is 0.512 e. The van der Waals surface area contributed by atoms with Crippen molar-refractivity contribution in [1.82, 2.24) is 14.5 Å². The Bertz CT molecular complexity index is 1470. The van der Waals surface area contributed by atoms with Gasteiger partial charge < -0.3 is 9.84 Å². The van der Waals surface area contributed by atoms with E-state index in [1.165, 1.54) is 21.3 Å². The van der Waals surface area contributed by atoms with Crippen LogP contribution >= 0.6 is 23.6 Å². The minimum atomic E-state index is -1.44. The SMILES string of the molecule is O=C(O)Oc1csc(Cn2cc(C3c4ccccc4C=Cc4ccccc43)c(=S)[nH]c2=O)n1. The Kier molecular flexibility index (Phi) is 5.49. The predicted molar refractivity (Wildman–Crippen MR) is 129 cm³/mol. The fourth-order valence-electron chi connectivity index (χ4n) is 4.03. The fourth-order valence-corrected chi connectivity index (χ4v) is 4.98. The lowest BCUT2D eigenvalue weighted by Crippen LogP contribution is -2.25. The van der Waals surface area contributed by atoms with Crippen LogP contribution in [-0.4, -0.2) is 25.8 Å². The summed E-state index contributed by atoms with van der Waals surface area (Å²) in [6.45, 7) is 0.153. The van der Waals surface area contributed by atoms with Crippen molar-refractivity contribution in [3.05, 3.63) is 108 Å². The molecular formula is C24H17N3O4S2. The number of nitrogens with zero attached hydrogens (tertiary/aromatic N) is 2. The third kappa shape index (κ3) is 4.15. The molecule has 164 valence electrons. The lowest BCUT2D eigenvalue weighted by Gasteiger charge is -2.21. The van der Waals surface area contributed by atoms with E-state index in [0.29, 0.717) is 9.65 Å². The molecule has 2 heterocycles. The first kappa shape index (κ1) is 21.0. The van der Waals surface area contributed by atoms with E-state index in [-0.39, 0.29) is 24.0 Å². The number of rotatable bonds is 4. The number of H-pyrrole nitrogens is 1. The van der Waals surface area contributed by atoms with E-state index in [2.05, 4.69) is 51.1 Å². The van der Waals surface area contributed by atoms with Crippen LogP contribution in [0.25, 0.3) is 12.2 Å². The van der Waals surface area contributed by atoms with Crippen molar-refractivity contribution < 1.29 is 14.6 Å². The molecule has 33 heavy (non-hydrogen) atoms. The summed E-state index contributed by atoms with van der Waals surface area (Å²) in [6, 6.07) is 16.3. The standard InChI is InChI=1S/C24H17N3O4S2/c28-23-26-22(32)18(11-27(23)12-20-25-19(13-33-20)31-24(29)30)21-16-7-3-1-5-14(16)9-10-15-6-2-4-8-17(15)21/h1-11,13,21H,12H2,(H,29,30)(H,26,28,32). The zero-order chi connectivity index (χ0) is 22.9. The van der Waals surface area contributed by atoms with Crippen LogP contribution in [0.15, 0.2) is 64.9 Å². The number of benzene rings is 2. The highest BCUT2D eigenvalue weighted by Gasteiger charge is 2.25. The van der Waals surface area contributed by atoms with Gasteiger partial charge in [-0.15, -0.1) is 11.3 Å². The molecular weight excluding hydrogens is 458 g/mol. The number of carbonyl (C=O) groups is 1. The van der Waals surface area contributed by atoms with Gasteiger partial charge >= 0.3 is 11.8 Å². The van der Waals surface area contributed by atoms with Crippen molar-refractivity contribution in [2.24, 2.45) is 0 Å². The van der Waals surface area contributed by atoms with Crippen LogP contribution in [0.5, 0.6) is 5.88 Å². The average molecular weight is 476 g/mol. The number of ether oxygens (including phenoxy) is 1. The minimum absolute atomic E-state index is 0.0164. The van der Waals surface area contributed by atoms with E-state index in [1.54, 1.807) is 6.20 Å². The van der Waals surface area contributed by atoms with E-state index in [1.807, 2.05) is 24.3 Å². The van der Waals surface area contributed by atoms with Crippen LogP contribution in [0.2, 0.25) is 0 Å². The molecule has 0 saturated carbocycles. The Morgan fingerprint density at radius 1 is 1.09 bits per heavy atom. The van der Waals surface area contributed by atoms with E-state index in [4.69, 9.17) is 17.3 Å². The number of thiazole rings is 1. The van der Waals surface area contributed by atoms with Crippen molar-refractivity contribution in [3.63, 3.8) is 0 Å². The number of fused-ring (bicyclic) bond motifs is 2. The molecule has 1 aliphatic carbocycles. The molecule has 0 bridgehead atoms. The Hall–Kier alpha value is -3.82. The number of hydrogen-bond acceptors (Lipinski definition) is 6. The van der Waals surface area contributed by atoms with Gasteiger partial charge in [0.1, 0.15) is 9.65 Å². The summed E-state index contributed by atoms with van der Waals surface area (Å²) in [5, 5.41) is 10.8. The van der Waals surface area contributed by atoms with Gasteiger partial charge in [0.05, 0.1) is 11.9 Å². The molecule has 2 aromatic carbocycles. The maximum absolute atomic E-state index is 12.7. The van der Waals surface area contributed by atoms with E-state index >= 15 is 0 Å². The molecule has 0 unspecified atom stereocenters. The van der Waals surface area contributed by atoms with Gasteiger partial charge in [0.15, 0.2) is 0 Å². The van der Waals surface area contributed by atoms with Crippen molar-refractivity contribution in [3.8, 4) is 5.88 Å². The summed E-state index contributed by atoms with van der Waals surface area (Å²) < 4.78 is 6.46. The first-order valence-corrected chi connectivity index (χ1v) is 11.3. The van der Waals surface area contributed by atoms with Gasteiger partial charge in [-0.2, -0.15) is 0 Å². The number of aromatic amines is 1. The second-order valence-corrected chi connectivity index (χ2v) is 8.79. The monoisotopic (exact) mass is 475 g/mol. The van der Waals surface area contributed by atoms with Crippen molar-refractivity contribution >= 4 is 41.9 Å². The predicted octanol–water partition coefficient (Wildman–Crippen LogP) is 5.13. The summed E-state index contributed by atoms with van der Waals surface area (Å²) in [6.07, 6.45) is 4.52. The number of aromatic nitrogens is 3. The van der Waals surface area contributed by atoms with E-state index in [0.717, 1.165) is 27.8 Å². The van der Waals surface area contributed by atoms with Crippen LogP contribution in [0.4, 0.5) is 4.79 Å². The van der Waals surface area contributed by atoms with Crippen LogP contribution in [0.3, 0.4) is 0 Å². The largest absolute Gasteiger partial charge is 0.512 e. The van der Waals surface area contributed by atoms with Gasteiger partial charge in [-0.1, -0.05) is 72.9 Å². The van der Waals surface area contributed by atoms with Gasteiger partial charge in [0, 0.05) is 17.7 Å². The van der Waals surface area contributed by atoms with Gasteiger partial charge in [-0.05, 0) is 22.3 Å². The Morgan fingerprint density at radius 3 is 2.36 bits per heavy atom. The van der Waals surface area contributed by atoms with Gasteiger partial charge in [0.2, 0.25) is 5.88 Å². The zero-order valence-corrected chi connectivity index (χ0v) is 18.7. The number of nitrogens with one attached hydrogen (secondary N) is 1. The normalized spacial score (nSPS) is 12.6. The molecule has 0 saturated heterocycles. The van der Waals surface area contributed by atoms with E-state index in [9.17, 15) is 9.59 Å². The minimum Gasteiger partial charge on any atom is -0.449 e. The maximum atomic E-state index is 12.7. The molecule has 0 amide bonds. The van der Waals surface area contributed by atoms with Gasteiger partial charge in [0.25, 0.3) is 0 Å². The molecule has 2 aromatic heterocycles. The summed E-state index contributed by atoms with van der Waals surface area (Å²) in [5.74, 6) is -0.192. The second-order valence-electron chi connectivity index (χ2n) is 7.44. The van der Waals surface area contributed by atoms with Crippen LogP contribution in [0, 0.1) is 4.64 Å². The summed E-state index contributed by atoms with van der Waals surface area (Å²) in [7, 11) is 0. The quantitative estimate of drug-likeness (QED) is 0.276. The number of hydrogen-bond donors (Lipinski definition) is 2. The molecule has 0 fully saturated rings. The molecule has 0 spiro atoms. The lowest BCUT2D eigenvalue weighted by molar-refractivity contribution is 0.143. The zero-order valence-electron chi connectivity index (χ0n) is 17.1. The van der Waals surface area contributed by atoms with Crippen molar-refractivity contribution in [1.29, 1.82) is 0 Å². The third-order valence-electron chi connectivity index (χ3n) is 5.43. The average Bonchev–Trinajstić information content (AvgIpc) is 3.15. The van der Waals surface area contributed by atoms with Crippen LogP contribution in [-0.2, 0) is 6.54 Å². The molecule has 7 nitrogen and oxygen atoms in total. The smallest absolute Gasteiger partial charge is 0.449 e. The van der Waals surface area contributed by atoms with Gasteiger partial charge in [-0.25, -0.2) is 14.6 Å². The lowest BCUT2D eigenvalue weighted by atomic mass is 9.83. The van der Waals surface area contributed by atoms with Crippen molar-refractivity contribution in [2.75, 3.05) is 0 Å². The molecule has 1 aliphatic rings. The summed E-state index contributed by atoms with van der Waals surface area (Å²) in [4.78, 5) is 30.4. The Labute approximate surface area is 197 Å². The topological polar surface area (TPSA) is 97.2 Å². The molecule has 2 N–H and O–H groups in total. The molecule has 0 radical (unpaired) electrons. The molecule has 0 atom stereocenters. The molecule has 4 aromatic rings. The number of carboxylic acid groups (broad SMARTS) is 1. The summed E-state index contributed by atoms with van der Waals surface area (Å²) >= 11 is 6.82. The molecule has 5 rings (SSSR count). The van der Waals surface area contributed by atoms with Crippen molar-refractivity contribution in [2.45, 2.75) is 12.5 Å². The fraction of sp³-hybridized carbons (Fsp3) is 0.0833. The Morgan fingerprint density at radius 2 is 1.73 bits per heavy atom. The Balaban J connectivity index is 1.62. The summed E-state index contributed by atoms with van der Waals surface area (Å²) in [5.41, 5.74) is 4.78. The molecule has 0 aliphatic heterocycles. The highest BCUT2D eigenvalue weighted by molar-refractivity contribution is 7.71. The third-order valence-corrected chi connectivity index (χ3v) is 6.58.